The van der Waals surface area contributed by atoms with Gasteiger partial charge in [-0.1, -0.05) is 48.5 Å². The van der Waals surface area contributed by atoms with Gasteiger partial charge >= 0.3 is 6.18 Å². The van der Waals surface area contributed by atoms with E-state index in [2.05, 4.69) is 0 Å². The van der Waals surface area contributed by atoms with Crippen molar-refractivity contribution >= 4 is 33.6 Å². The molecule has 0 saturated heterocycles. The number of aromatic nitrogens is 1. The molecule has 0 saturated carbocycles. The third kappa shape index (κ3) is 2.76. The van der Waals surface area contributed by atoms with E-state index >= 15 is 0 Å². The van der Waals surface area contributed by atoms with E-state index in [0.717, 1.165) is 16.0 Å². The number of nitrogens with zero attached hydrogens (tertiary/aromatic N) is 1. The summed E-state index contributed by atoms with van der Waals surface area (Å²) in [6.07, 6.45) is -2.50. The van der Waals surface area contributed by atoms with Gasteiger partial charge in [0.2, 0.25) is 0 Å². The zero-order chi connectivity index (χ0) is 18.3. The number of halogens is 3. The minimum atomic E-state index is -4.39. The molecule has 0 unspecified atom stereocenters. The average molecular weight is 371 g/mol. The predicted octanol–water partition coefficient (Wildman–Crippen LogP) is 6.58. The van der Waals surface area contributed by atoms with E-state index in [9.17, 15) is 13.2 Å². The van der Waals surface area contributed by atoms with Crippen molar-refractivity contribution in [1.82, 2.24) is 4.57 Å². The number of hydrogen-bond acceptors (Lipinski definition) is 1. The van der Waals surface area contributed by atoms with Crippen LogP contribution < -0.4 is 0 Å². The third-order valence-electron chi connectivity index (χ3n) is 4.58. The van der Waals surface area contributed by atoms with Crippen molar-refractivity contribution in [3.63, 3.8) is 0 Å². The maximum atomic E-state index is 13.7. The van der Waals surface area contributed by atoms with Crippen LogP contribution in [0, 0.1) is 0 Å². The van der Waals surface area contributed by atoms with E-state index in [-0.39, 0.29) is 5.39 Å². The fourth-order valence-electron chi connectivity index (χ4n) is 3.48. The van der Waals surface area contributed by atoms with Crippen molar-refractivity contribution in [2.45, 2.75) is 17.6 Å². The minimum Gasteiger partial charge on any atom is -0.335 e. The van der Waals surface area contributed by atoms with Gasteiger partial charge in [0.1, 0.15) is 0 Å². The van der Waals surface area contributed by atoms with Crippen LogP contribution in [0.4, 0.5) is 13.2 Å². The summed E-state index contributed by atoms with van der Waals surface area (Å²) in [4.78, 5) is 0.847. The molecule has 1 heterocycles. The molecule has 0 bridgehead atoms. The summed E-state index contributed by atoms with van der Waals surface area (Å²) in [6, 6.07) is 19.9. The fraction of sp³-hybridized carbons (Fsp3) is 0.143. The molecule has 4 rings (SSSR count). The highest BCUT2D eigenvalue weighted by Gasteiger charge is 2.34. The third-order valence-corrected chi connectivity index (χ3v) is 5.35. The molecule has 3 aromatic carbocycles. The Bertz CT molecular complexity index is 1080. The summed E-state index contributed by atoms with van der Waals surface area (Å²) in [6.45, 7) is 0.528. The van der Waals surface area contributed by atoms with Crippen LogP contribution in [0.2, 0.25) is 0 Å². The van der Waals surface area contributed by atoms with E-state index in [1.165, 1.54) is 17.8 Å². The first-order valence-electron chi connectivity index (χ1n) is 8.20. The number of rotatable bonds is 3. The SMILES string of the molecule is CSc1ccc(C(F)(F)F)c2c3ccccc3n(Cc3ccccc3)c12. The second kappa shape index (κ2) is 6.40. The largest absolute Gasteiger partial charge is 0.417 e. The first-order valence-corrected chi connectivity index (χ1v) is 9.42. The molecule has 0 aliphatic carbocycles. The fourth-order valence-corrected chi connectivity index (χ4v) is 4.09. The molecule has 4 aromatic rings. The predicted molar refractivity (Wildman–Crippen MR) is 102 cm³/mol. The van der Waals surface area contributed by atoms with Gasteiger partial charge in [0.05, 0.1) is 11.1 Å². The van der Waals surface area contributed by atoms with E-state index in [1.54, 1.807) is 18.2 Å². The second-order valence-corrected chi connectivity index (χ2v) is 6.97. The molecule has 26 heavy (non-hydrogen) atoms. The Hall–Kier alpha value is -2.40. The number of benzene rings is 3. The van der Waals surface area contributed by atoms with Crippen LogP contribution in [0.3, 0.4) is 0 Å². The highest BCUT2D eigenvalue weighted by molar-refractivity contribution is 7.98. The number of hydrogen-bond donors (Lipinski definition) is 0. The molecular weight excluding hydrogens is 355 g/mol. The minimum absolute atomic E-state index is 0.288. The number of fused-ring (bicyclic) bond motifs is 3. The van der Waals surface area contributed by atoms with Crippen LogP contribution in [-0.2, 0) is 12.7 Å². The first-order chi connectivity index (χ1) is 12.5. The summed E-state index contributed by atoms with van der Waals surface area (Å²) >= 11 is 1.47. The summed E-state index contributed by atoms with van der Waals surface area (Å²) in [5.74, 6) is 0. The monoisotopic (exact) mass is 371 g/mol. The van der Waals surface area contributed by atoms with Crippen LogP contribution in [0.25, 0.3) is 21.8 Å². The van der Waals surface area contributed by atoms with Gasteiger partial charge < -0.3 is 4.57 Å². The van der Waals surface area contributed by atoms with E-state index < -0.39 is 11.7 Å². The molecule has 0 radical (unpaired) electrons. The molecule has 0 fully saturated rings. The maximum Gasteiger partial charge on any atom is 0.417 e. The van der Waals surface area contributed by atoms with Crippen molar-refractivity contribution < 1.29 is 13.2 Å². The van der Waals surface area contributed by atoms with Gasteiger partial charge in [-0.15, -0.1) is 11.8 Å². The van der Waals surface area contributed by atoms with Crippen molar-refractivity contribution in [2.75, 3.05) is 6.26 Å². The van der Waals surface area contributed by atoms with Crippen LogP contribution in [0.5, 0.6) is 0 Å². The Morgan fingerprint density at radius 2 is 1.58 bits per heavy atom. The zero-order valence-electron chi connectivity index (χ0n) is 14.0. The van der Waals surface area contributed by atoms with Gasteiger partial charge in [-0.25, -0.2) is 0 Å². The molecule has 0 atom stereocenters. The standard InChI is InChI=1S/C21H16F3NS/c1-26-18-12-11-16(21(22,23)24)19-15-9-5-6-10-17(15)25(20(18)19)13-14-7-3-2-4-8-14/h2-12H,13H2,1H3. The lowest BCUT2D eigenvalue weighted by molar-refractivity contribution is -0.136. The Morgan fingerprint density at radius 3 is 2.27 bits per heavy atom. The van der Waals surface area contributed by atoms with Crippen molar-refractivity contribution in [1.29, 1.82) is 0 Å². The second-order valence-electron chi connectivity index (χ2n) is 6.13. The highest BCUT2D eigenvalue weighted by Crippen LogP contribution is 2.43. The van der Waals surface area contributed by atoms with Gasteiger partial charge in [-0.2, -0.15) is 13.2 Å². The summed E-state index contributed by atoms with van der Waals surface area (Å²) in [5, 5.41) is 0.928. The molecule has 132 valence electrons. The number of alkyl halides is 3. The van der Waals surface area contributed by atoms with Crippen molar-refractivity contribution in [3.8, 4) is 0 Å². The number of para-hydroxylation sites is 1. The van der Waals surface area contributed by atoms with E-state index in [1.807, 2.05) is 53.3 Å². The van der Waals surface area contributed by atoms with E-state index in [4.69, 9.17) is 0 Å². The maximum absolute atomic E-state index is 13.7. The van der Waals surface area contributed by atoms with Gasteiger partial charge in [-0.05, 0) is 30.0 Å². The van der Waals surface area contributed by atoms with Crippen LogP contribution in [-0.4, -0.2) is 10.8 Å². The van der Waals surface area contributed by atoms with Gasteiger partial charge in [0, 0.05) is 27.7 Å². The number of thioether (sulfide) groups is 1. The molecule has 1 aromatic heterocycles. The van der Waals surface area contributed by atoms with Crippen LogP contribution in [0.1, 0.15) is 11.1 Å². The van der Waals surface area contributed by atoms with Crippen molar-refractivity contribution in [3.05, 3.63) is 77.9 Å². The highest BCUT2D eigenvalue weighted by atomic mass is 32.2. The summed E-state index contributed by atoms with van der Waals surface area (Å²) in [7, 11) is 0. The zero-order valence-corrected chi connectivity index (χ0v) is 14.9. The normalized spacial score (nSPS) is 12.2. The molecule has 0 amide bonds. The van der Waals surface area contributed by atoms with Crippen LogP contribution >= 0.6 is 11.8 Å². The Morgan fingerprint density at radius 1 is 0.885 bits per heavy atom. The molecular formula is C21H16F3NS. The quantitative estimate of drug-likeness (QED) is 0.368. The average Bonchev–Trinajstić information content (AvgIpc) is 2.96. The van der Waals surface area contributed by atoms with E-state index in [0.29, 0.717) is 17.4 Å². The first kappa shape index (κ1) is 17.0. The van der Waals surface area contributed by atoms with Crippen LogP contribution in [0.15, 0.2) is 71.6 Å². The molecule has 1 nitrogen and oxygen atoms in total. The molecule has 5 heteroatoms. The smallest absolute Gasteiger partial charge is 0.335 e. The molecule has 0 spiro atoms. The Labute approximate surface area is 153 Å². The van der Waals surface area contributed by atoms with Crippen molar-refractivity contribution in [2.24, 2.45) is 0 Å². The topological polar surface area (TPSA) is 4.93 Å². The molecule has 0 aliphatic heterocycles. The summed E-state index contributed by atoms with van der Waals surface area (Å²) < 4.78 is 43.1. The Kier molecular flexibility index (Phi) is 4.19. The lowest BCUT2D eigenvalue weighted by Crippen LogP contribution is -2.06. The van der Waals surface area contributed by atoms with Gasteiger partial charge in [-0.3, -0.25) is 0 Å². The van der Waals surface area contributed by atoms with Gasteiger partial charge in [0.15, 0.2) is 0 Å². The molecule has 0 N–H and O–H groups in total. The summed E-state index contributed by atoms with van der Waals surface area (Å²) in [5.41, 5.74) is 1.95. The lowest BCUT2D eigenvalue weighted by Gasteiger charge is -2.13. The van der Waals surface area contributed by atoms with Gasteiger partial charge in [0.25, 0.3) is 0 Å². The molecule has 0 aliphatic rings. The Balaban J connectivity index is 2.12. The lowest BCUT2D eigenvalue weighted by atomic mass is 10.1.